The smallest absolute Gasteiger partial charge is 0.408 e. The van der Waals surface area contributed by atoms with E-state index in [1.807, 2.05) is 0 Å². The number of carbonyl (C=O) groups is 2. The quantitative estimate of drug-likeness (QED) is 0.534. The Balaban J connectivity index is 2.50. The summed E-state index contributed by atoms with van der Waals surface area (Å²) in [5.74, 6) is -0.679. The van der Waals surface area contributed by atoms with Crippen LogP contribution in [-0.2, 0) is 34.0 Å². The molecule has 1 aliphatic rings. The van der Waals surface area contributed by atoms with Crippen LogP contribution in [0, 0.1) is 0 Å². The SMILES string of the molecule is CC(C)(C)OC(=O)NC1(C(=O)OC(C)(C)C)CC1(COS(C)(=O)=O)c1ccccc1. The third-order valence-electron chi connectivity index (χ3n) is 4.57. The van der Waals surface area contributed by atoms with Gasteiger partial charge in [0.2, 0.25) is 0 Å². The second kappa shape index (κ2) is 7.85. The van der Waals surface area contributed by atoms with Crippen LogP contribution < -0.4 is 5.32 Å². The van der Waals surface area contributed by atoms with Gasteiger partial charge in [-0.3, -0.25) is 4.18 Å². The molecule has 168 valence electrons. The molecule has 1 N–H and O–H groups in total. The Bertz CT molecular complexity index is 900. The van der Waals surface area contributed by atoms with Gasteiger partial charge in [0.1, 0.15) is 11.2 Å². The minimum atomic E-state index is -3.79. The van der Waals surface area contributed by atoms with E-state index in [9.17, 15) is 18.0 Å². The normalized spacial score (nSPS) is 24.1. The molecule has 1 saturated carbocycles. The highest BCUT2D eigenvalue weighted by atomic mass is 32.2. The van der Waals surface area contributed by atoms with Crippen molar-refractivity contribution in [3.63, 3.8) is 0 Å². The van der Waals surface area contributed by atoms with Crippen LogP contribution in [0.4, 0.5) is 4.79 Å². The van der Waals surface area contributed by atoms with Crippen molar-refractivity contribution in [2.24, 2.45) is 0 Å². The van der Waals surface area contributed by atoms with Crippen LogP contribution >= 0.6 is 0 Å². The molecule has 30 heavy (non-hydrogen) atoms. The summed E-state index contributed by atoms with van der Waals surface area (Å²) in [4.78, 5) is 25.9. The van der Waals surface area contributed by atoms with Gasteiger partial charge in [0.05, 0.1) is 18.3 Å². The van der Waals surface area contributed by atoms with Crippen LogP contribution in [0.2, 0.25) is 0 Å². The highest BCUT2D eigenvalue weighted by molar-refractivity contribution is 7.85. The lowest BCUT2D eigenvalue weighted by Gasteiger charge is -2.30. The van der Waals surface area contributed by atoms with Gasteiger partial charge in [0, 0.05) is 0 Å². The zero-order valence-electron chi connectivity index (χ0n) is 18.6. The van der Waals surface area contributed by atoms with Crippen molar-refractivity contribution in [3.8, 4) is 0 Å². The Hall–Kier alpha value is -2.13. The highest BCUT2D eigenvalue weighted by Crippen LogP contribution is 2.59. The summed E-state index contributed by atoms with van der Waals surface area (Å²) >= 11 is 0. The maximum Gasteiger partial charge on any atom is 0.408 e. The molecule has 2 atom stereocenters. The molecule has 9 heteroatoms. The van der Waals surface area contributed by atoms with Crippen molar-refractivity contribution in [2.75, 3.05) is 12.9 Å². The first kappa shape index (κ1) is 24.1. The van der Waals surface area contributed by atoms with E-state index in [-0.39, 0.29) is 13.0 Å². The monoisotopic (exact) mass is 441 g/mol. The molecule has 1 aliphatic carbocycles. The lowest BCUT2D eigenvalue weighted by atomic mass is 9.91. The summed E-state index contributed by atoms with van der Waals surface area (Å²) in [5, 5.41) is 2.66. The third-order valence-corrected chi connectivity index (χ3v) is 5.11. The first-order valence-electron chi connectivity index (χ1n) is 9.64. The standard InChI is InChI=1S/C21H31NO7S/c1-18(2,3)28-16(23)21(22-17(24)29-19(4,5)6)13-20(21,14-27-30(7,25)26)15-11-9-8-10-12-15/h8-12H,13-14H2,1-7H3,(H,22,24). The molecule has 0 aromatic heterocycles. The van der Waals surface area contributed by atoms with Gasteiger partial charge in [-0.1, -0.05) is 30.3 Å². The summed E-state index contributed by atoms with van der Waals surface area (Å²) in [6.07, 6.45) is 0.239. The molecule has 1 aromatic rings. The van der Waals surface area contributed by atoms with Gasteiger partial charge in [-0.15, -0.1) is 0 Å². The molecule has 0 bridgehead atoms. The summed E-state index contributed by atoms with van der Waals surface area (Å²) in [5.41, 5.74) is -3.61. The summed E-state index contributed by atoms with van der Waals surface area (Å²) in [6, 6.07) is 8.85. The van der Waals surface area contributed by atoms with Crippen LogP contribution in [0.5, 0.6) is 0 Å². The van der Waals surface area contributed by atoms with E-state index in [2.05, 4.69) is 5.32 Å². The predicted molar refractivity (Wildman–Crippen MR) is 111 cm³/mol. The Morgan fingerprint density at radius 3 is 2.00 bits per heavy atom. The Labute approximate surface area is 178 Å². The Kier molecular flexibility index (Phi) is 6.32. The van der Waals surface area contributed by atoms with Crippen molar-refractivity contribution in [3.05, 3.63) is 35.9 Å². The van der Waals surface area contributed by atoms with Crippen molar-refractivity contribution < 1.29 is 31.7 Å². The fourth-order valence-electron chi connectivity index (χ4n) is 3.30. The maximum atomic E-state index is 13.3. The fourth-order valence-corrected chi connectivity index (χ4v) is 3.72. The van der Waals surface area contributed by atoms with Crippen molar-refractivity contribution in [1.82, 2.24) is 5.32 Å². The molecule has 1 fully saturated rings. The van der Waals surface area contributed by atoms with E-state index >= 15 is 0 Å². The topological polar surface area (TPSA) is 108 Å². The zero-order valence-corrected chi connectivity index (χ0v) is 19.4. The second-order valence-electron chi connectivity index (χ2n) is 9.63. The zero-order chi connectivity index (χ0) is 23.0. The van der Waals surface area contributed by atoms with E-state index in [1.165, 1.54) is 0 Å². The largest absolute Gasteiger partial charge is 0.458 e. The van der Waals surface area contributed by atoms with Gasteiger partial charge < -0.3 is 14.8 Å². The van der Waals surface area contributed by atoms with E-state index in [1.54, 1.807) is 71.9 Å². The molecule has 8 nitrogen and oxygen atoms in total. The molecule has 2 unspecified atom stereocenters. The number of amides is 1. The van der Waals surface area contributed by atoms with Crippen LogP contribution in [0.25, 0.3) is 0 Å². The number of benzene rings is 1. The van der Waals surface area contributed by atoms with Crippen LogP contribution in [0.3, 0.4) is 0 Å². The number of rotatable bonds is 6. The summed E-state index contributed by atoms with van der Waals surface area (Å²) in [6.45, 7) is 9.93. The van der Waals surface area contributed by atoms with Crippen molar-refractivity contribution in [2.45, 2.75) is 70.1 Å². The van der Waals surface area contributed by atoms with E-state index in [0.29, 0.717) is 5.56 Å². The van der Waals surface area contributed by atoms with E-state index < -0.39 is 44.3 Å². The van der Waals surface area contributed by atoms with Crippen molar-refractivity contribution >= 4 is 22.2 Å². The van der Waals surface area contributed by atoms with Gasteiger partial charge in [0.25, 0.3) is 10.1 Å². The number of alkyl carbamates (subject to hydrolysis) is 1. The average Bonchev–Trinajstić information content (AvgIpc) is 3.20. The molecule has 0 aliphatic heterocycles. The molecular weight excluding hydrogens is 410 g/mol. The predicted octanol–water partition coefficient (Wildman–Crippen LogP) is 2.91. The molecule has 1 aromatic carbocycles. The molecule has 2 rings (SSSR count). The highest BCUT2D eigenvalue weighted by Gasteiger charge is 2.76. The molecule has 1 amide bonds. The number of hydrogen-bond donors (Lipinski definition) is 1. The van der Waals surface area contributed by atoms with Gasteiger partial charge in [-0.05, 0) is 53.5 Å². The number of nitrogens with one attached hydrogen (secondary N) is 1. The Morgan fingerprint density at radius 1 is 1.00 bits per heavy atom. The summed E-state index contributed by atoms with van der Waals surface area (Å²) < 4.78 is 39.5. The number of hydrogen-bond acceptors (Lipinski definition) is 7. The molecule has 0 radical (unpaired) electrons. The van der Waals surface area contributed by atoms with Gasteiger partial charge in [-0.25, -0.2) is 9.59 Å². The molecule has 0 heterocycles. The minimum Gasteiger partial charge on any atom is -0.458 e. The van der Waals surface area contributed by atoms with Crippen LogP contribution in [0.1, 0.15) is 53.5 Å². The third kappa shape index (κ3) is 5.72. The maximum absolute atomic E-state index is 13.3. The lowest BCUT2D eigenvalue weighted by molar-refractivity contribution is -0.159. The first-order valence-corrected chi connectivity index (χ1v) is 11.5. The number of esters is 1. The first-order chi connectivity index (χ1) is 13.5. The molecular formula is C21H31NO7S. The number of carbonyl (C=O) groups excluding carboxylic acids is 2. The van der Waals surface area contributed by atoms with Gasteiger partial charge in [-0.2, -0.15) is 8.42 Å². The van der Waals surface area contributed by atoms with Gasteiger partial charge in [0.15, 0.2) is 5.54 Å². The van der Waals surface area contributed by atoms with Crippen LogP contribution in [0.15, 0.2) is 30.3 Å². The van der Waals surface area contributed by atoms with Crippen molar-refractivity contribution in [1.29, 1.82) is 0 Å². The lowest BCUT2D eigenvalue weighted by Crippen LogP contribution is -2.53. The summed E-state index contributed by atoms with van der Waals surface area (Å²) in [7, 11) is -3.79. The fraction of sp³-hybridized carbons (Fsp3) is 0.619. The molecule has 0 saturated heterocycles. The minimum absolute atomic E-state index is 0.105. The second-order valence-corrected chi connectivity index (χ2v) is 11.3. The average molecular weight is 442 g/mol. The van der Waals surface area contributed by atoms with E-state index in [0.717, 1.165) is 6.26 Å². The van der Waals surface area contributed by atoms with Crippen LogP contribution in [-0.4, -0.2) is 50.1 Å². The van der Waals surface area contributed by atoms with E-state index in [4.69, 9.17) is 13.7 Å². The van der Waals surface area contributed by atoms with Gasteiger partial charge >= 0.3 is 12.1 Å². The number of ether oxygens (including phenoxy) is 2. The Morgan fingerprint density at radius 2 is 1.53 bits per heavy atom. The molecule has 0 spiro atoms.